The van der Waals surface area contributed by atoms with Crippen molar-refractivity contribution < 1.29 is 4.74 Å². The van der Waals surface area contributed by atoms with E-state index in [4.69, 9.17) is 4.74 Å². The van der Waals surface area contributed by atoms with Crippen LogP contribution >= 0.6 is 0 Å². The van der Waals surface area contributed by atoms with Crippen LogP contribution in [0.15, 0.2) is 18.2 Å². The van der Waals surface area contributed by atoms with Crippen LogP contribution in [0.3, 0.4) is 0 Å². The van der Waals surface area contributed by atoms with Crippen molar-refractivity contribution in [3.8, 4) is 5.75 Å². The molecule has 0 radical (unpaired) electrons. The maximum absolute atomic E-state index is 5.44. The van der Waals surface area contributed by atoms with Gasteiger partial charge in [0.25, 0.3) is 0 Å². The molecule has 1 aromatic carbocycles. The van der Waals surface area contributed by atoms with E-state index in [1.54, 1.807) is 12.7 Å². The lowest BCUT2D eigenvalue weighted by atomic mass is 9.80. The summed E-state index contributed by atoms with van der Waals surface area (Å²) in [7, 11) is 1.78. The van der Waals surface area contributed by atoms with Gasteiger partial charge in [0.2, 0.25) is 0 Å². The van der Waals surface area contributed by atoms with Crippen molar-refractivity contribution in [1.82, 2.24) is 0 Å². The smallest absolute Gasteiger partial charge is 0.122 e. The zero-order valence-electron chi connectivity index (χ0n) is 9.75. The molecule has 15 heavy (non-hydrogen) atoms. The first-order valence-electron chi connectivity index (χ1n) is 6.02. The van der Waals surface area contributed by atoms with Gasteiger partial charge in [0.05, 0.1) is 7.11 Å². The van der Waals surface area contributed by atoms with Gasteiger partial charge in [-0.25, -0.2) is 0 Å². The molecule has 1 aliphatic rings. The van der Waals surface area contributed by atoms with E-state index >= 15 is 0 Å². The molecule has 1 aromatic rings. The predicted octanol–water partition coefficient (Wildman–Crippen LogP) is 3.92. The lowest BCUT2D eigenvalue weighted by Crippen LogP contribution is -2.10. The fourth-order valence-electron chi connectivity index (χ4n) is 2.75. The Labute approximate surface area is 92.5 Å². The van der Waals surface area contributed by atoms with Crippen molar-refractivity contribution in [3.63, 3.8) is 0 Å². The highest BCUT2D eigenvalue weighted by Crippen LogP contribution is 2.38. The Hall–Kier alpha value is -0.980. The van der Waals surface area contributed by atoms with E-state index in [2.05, 4.69) is 25.1 Å². The molecule has 0 bridgehead atoms. The largest absolute Gasteiger partial charge is 0.496 e. The Kier molecular flexibility index (Phi) is 3.30. The SMILES string of the molecule is CCC[C@H]1CCCc2c(OC)cccc21. The van der Waals surface area contributed by atoms with Crippen molar-refractivity contribution >= 4 is 0 Å². The maximum atomic E-state index is 5.44. The summed E-state index contributed by atoms with van der Waals surface area (Å²) >= 11 is 0. The standard InChI is InChI=1S/C14H20O/c1-3-6-11-7-4-9-13-12(11)8-5-10-14(13)15-2/h5,8,10-11H,3-4,6-7,9H2,1-2H3/t11-/m0/s1. The molecule has 0 saturated carbocycles. The third-order valence-corrected chi connectivity index (χ3v) is 3.45. The third-order valence-electron chi connectivity index (χ3n) is 3.45. The van der Waals surface area contributed by atoms with Gasteiger partial charge in [-0.1, -0.05) is 25.5 Å². The van der Waals surface area contributed by atoms with Crippen molar-refractivity contribution in [1.29, 1.82) is 0 Å². The molecular formula is C14H20O. The van der Waals surface area contributed by atoms with Crippen molar-refractivity contribution in [2.24, 2.45) is 0 Å². The molecule has 0 unspecified atom stereocenters. The van der Waals surface area contributed by atoms with Crippen LogP contribution in [-0.4, -0.2) is 7.11 Å². The van der Waals surface area contributed by atoms with Crippen LogP contribution < -0.4 is 4.74 Å². The molecule has 0 aliphatic heterocycles. The lowest BCUT2D eigenvalue weighted by Gasteiger charge is -2.26. The Morgan fingerprint density at radius 3 is 3.00 bits per heavy atom. The summed E-state index contributed by atoms with van der Waals surface area (Å²) < 4.78 is 5.44. The number of methoxy groups -OCH3 is 1. The summed E-state index contributed by atoms with van der Waals surface area (Å²) in [5, 5.41) is 0. The van der Waals surface area contributed by atoms with Crippen LogP contribution in [0.1, 0.15) is 49.7 Å². The zero-order valence-corrected chi connectivity index (χ0v) is 9.75. The highest BCUT2D eigenvalue weighted by Gasteiger charge is 2.21. The first kappa shape index (κ1) is 10.5. The molecule has 0 spiro atoms. The van der Waals surface area contributed by atoms with E-state index in [-0.39, 0.29) is 0 Å². The summed E-state index contributed by atoms with van der Waals surface area (Å²) in [5.74, 6) is 1.86. The fourth-order valence-corrected chi connectivity index (χ4v) is 2.75. The molecule has 82 valence electrons. The molecule has 1 heteroatoms. The molecule has 0 saturated heterocycles. The molecule has 0 N–H and O–H groups in total. The predicted molar refractivity (Wildman–Crippen MR) is 63.6 cm³/mol. The minimum atomic E-state index is 0.772. The van der Waals surface area contributed by atoms with Gasteiger partial charge in [0.1, 0.15) is 5.75 Å². The highest BCUT2D eigenvalue weighted by molar-refractivity contribution is 5.43. The van der Waals surface area contributed by atoms with Crippen LogP contribution in [0.5, 0.6) is 5.75 Å². The molecule has 0 heterocycles. The molecule has 0 aromatic heterocycles. The summed E-state index contributed by atoms with van der Waals surface area (Å²) in [4.78, 5) is 0. The minimum Gasteiger partial charge on any atom is -0.496 e. The van der Waals surface area contributed by atoms with Crippen LogP contribution in [-0.2, 0) is 6.42 Å². The Balaban J connectivity index is 2.35. The minimum absolute atomic E-state index is 0.772. The Bertz CT molecular complexity index is 330. The van der Waals surface area contributed by atoms with Gasteiger partial charge < -0.3 is 4.74 Å². The third kappa shape index (κ3) is 2.01. The van der Waals surface area contributed by atoms with E-state index in [0.29, 0.717) is 0 Å². The molecule has 2 rings (SSSR count). The summed E-state index contributed by atoms with van der Waals surface area (Å²) in [6.07, 6.45) is 6.47. The van der Waals surface area contributed by atoms with Gasteiger partial charge in [-0.2, -0.15) is 0 Å². The first-order chi connectivity index (χ1) is 7.36. The summed E-state index contributed by atoms with van der Waals surface area (Å²) in [6.45, 7) is 2.27. The van der Waals surface area contributed by atoms with Crippen LogP contribution in [0.2, 0.25) is 0 Å². The molecule has 1 nitrogen and oxygen atoms in total. The topological polar surface area (TPSA) is 9.23 Å². The molecule has 1 atom stereocenters. The summed E-state index contributed by atoms with van der Waals surface area (Å²) in [5.41, 5.74) is 3.01. The van der Waals surface area contributed by atoms with Gasteiger partial charge in [-0.05, 0) is 48.8 Å². The van der Waals surface area contributed by atoms with Gasteiger partial charge in [0.15, 0.2) is 0 Å². The van der Waals surface area contributed by atoms with Crippen LogP contribution in [0, 0.1) is 0 Å². The van der Waals surface area contributed by atoms with Gasteiger partial charge in [-0.15, -0.1) is 0 Å². The van der Waals surface area contributed by atoms with Gasteiger partial charge in [0, 0.05) is 0 Å². The van der Waals surface area contributed by atoms with E-state index < -0.39 is 0 Å². The second-order valence-electron chi connectivity index (χ2n) is 4.41. The molecular weight excluding hydrogens is 184 g/mol. The van der Waals surface area contributed by atoms with Crippen molar-refractivity contribution in [2.45, 2.75) is 44.9 Å². The number of hydrogen-bond acceptors (Lipinski definition) is 1. The zero-order chi connectivity index (χ0) is 10.7. The first-order valence-corrected chi connectivity index (χ1v) is 6.02. The Morgan fingerprint density at radius 2 is 2.27 bits per heavy atom. The number of benzene rings is 1. The molecule has 0 fully saturated rings. The van der Waals surface area contributed by atoms with Gasteiger partial charge in [-0.3, -0.25) is 0 Å². The average Bonchev–Trinajstić information content (AvgIpc) is 2.29. The van der Waals surface area contributed by atoms with Crippen LogP contribution in [0.25, 0.3) is 0 Å². The average molecular weight is 204 g/mol. The van der Waals surface area contributed by atoms with Gasteiger partial charge >= 0.3 is 0 Å². The van der Waals surface area contributed by atoms with Crippen LogP contribution in [0.4, 0.5) is 0 Å². The quantitative estimate of drug-likeness (QED) is 0.725. The lowest BCUT2D eigenvalue weighted by molar-refractivity contribution is 0.401. The highest BCUT2D eigenvalue weighted by atomic mass is 16.5. The Morgan fingerprint density at radius 1 is 1.40 bits per heavy atom. The normalized spacial score (nSPS) is 19.7. The second-order valence-corrected chi connectivity index (χ2v) is 4.41. The maximum Gasteiger partial charge on any atom is 0.122 e. The molecule has 0 amide bonds. The number of fused-ring (bicyclic) bond motifs is 1. The van der Waals surface area contributed by atoms with E-state index in [1.807, 2.05) is 0 Å². The second kappa shape index (κ2) is 4.69. The van der Waals surface area contributed by atoms with Crippen molar-refractivity contribution in [3.05, 3.63) is 29.3 Å². The van der Waals surface area contributed by atoms with E-state index in [1.165, 1.54) is 37.7 Å². The number of hydrogen-bond donors (Lipinski definition) is 0. The van der Waals surface area contributed by atoms with E-state index in [9.17, 15) is 0 Å². The monoisotopic (exact) mass is 204 g/mol. The van der Waals surface area contributed by atoms with Crippen molar-refractivity contribution in [2.75, 3.05) is 7.11 Å². The fraction of sp³-hybridized carbons (Fsp3) is 0.571. The molecule has 1 aliphatic carbocycles. The summed E-state index contributed by atoms with van der Waals surface area (Å²) in [6, 6.07) is 6.51. The van der Waals surface area contributed by atoms with E-state index in [0.717, 1.165) is 11.7 Å². The number of ether oxygens (including phenoxy) is 1. The number of rotatable bonds is 3.